The molecule has 12 aromatic rings. The van der Waals surface area contributed by atoms with Crippen molar-refractivity contribution in [3.05, 3.63) is 206 Å². The van der Waals surface area contributed by atoms with Crippen LogP contribution in [0.5, 0.6) is 0 Å². The molecule has 0 aliphatic rings. The standard InChI is InChI=1S/C54H34N2O/c1-3-14-35(15-4-1)37-18-13-19-40(32-37)55-47-23-10-8-21-43(47)46-33-38(27-30-49(46)55)39-26-28-44-42-20-7-11-24-48(42)56(51(44)34-39)50-31-29-41(36-16-5-2-6-17-36)53-45-22-9-12-25-52(45)57-54(50)53/h1-34H. The highest BCUT2D eigenvalue weighted by atomic mass is 16.3. The summed E-state index contributed by atoms with van der Waals surface area (Å²) in [5.74, 6) is 0. The molecule has 57 heavy (non-hydrogen) atoms. The maximum absolute atomic E-state index is 6.82. The Kier molecular flexibility index (Phi) is 6.93. The highest BCUT2D eigenvalue weighted by molar-refractivity contribution is 6.17. The molecule has 3 nitrogen and oxygen atoms in total. The summed E-state index contributed by atoms with van der Waals surface area (Å²) in [5, 5.41) is 7.14. The smallest absolute Gasteiger partial charge is 0.160 e. The van der Waals surface area contributed by atoms with Gasteiger partial charge in [-0.1, -0.05) is 152 Å². The first-order valence-electron chi connectivity index (χ1n) is 19.5. The van der Waals surface area contributed by atoms with E-state index in [2.05, 4.69) is 215 Å². The minimum absolute atomic E-state index is 0.885. The number of fused-ring (bicyclic) bond motifs is 9. The molecular formula is C54H34N2O. The van der Waals surface area contributed by atoms with E-state index in [9.17, 15) is 0 Å². The van der Waals surface area contributed by atoms with Crippen LogP contribution in [0.3, 0.4) is 0 Å². The highest BCUT2D eigenvalue weighted by Gasteiger charge is 2.21. The Morgan fingerprint density at radius 1 is 0.316 bits per heavy atom. The van der Waals surface area contributed by atoms with Crippen LogP contribution < -0.4 is 0 Å². The Bertz CT molecular complexity index is 3510. The largest absolute Gasteiger partial charge is 0.454 e. The molecule has 0 unspecified atom stereocenters. The monoisotopic (exact) mass is 726 g/mol. The normalized spacial score (nSPS) is 11.9. The maximum atomic E-state index is 6.82. The number of rotatable bonds is 5. The van der Waals surface area contributed by atoms with E-state index in [1.54, 1.807) is 0 Å². The van der Waals surface area contributed by atoms with Gasteiger partial charge in [-0.25, -0.2) is 0 Å². The first-order valence-corrected chi connectivity index (χ1v) is 19.5. The van der Waals surface area contributed by atoms with Crippen molar-refractivity contribution < 1.29 is 4.42 Å². The molecule has 0 amide bonds. The van der Waals surface area contributed by atoms with Gasteiger partial charge in [0.15, 0.2) is 5.58 Å². The third-order valence-electron chi connectivity index (χ3n) is 11.7. The molecule has 0 fully saturated rings. The number of para-hydroxylation sites is 3. The number of hydrogen-bond acceptors (Lipinski definition) is 1. The molecule has 0 bridgehead atoms. The summed E-state index contributed by atoms with van der Waals surface area (Å²) in [5.41, 5.74) is 15.7. The van der Waals surface area contributed by atoms with Gasteiger partial charge in [-0.3, -0.25) is 0 Å². The van der Waals surface area contributed by atoms with Gasteiger partial charge in [0.2, 0.25) is 0 Å². The van der Waals surface area contributed by atoms with E-state index in [4.69, 9.17) is 4.42 Å². The maximum Gasteiger partial charge on any atom is 0.160 e. The summed E-state index contributed by atoms with van der Waals surface area (Å²) >= 11 is 0. The zero-order valence-corrected chi connectivity index (χ0v) is 30.9. The van der Waals surface area contributed by atoms with E-state index in [1.165, 1.54) is 60.4 Å². The molecule has 266 valence electrons. The number of aromatic nitrogens is 2. The molecule has 0 radical (unpaired) electrons. The zero-order valence-electron chi connectivity index (χ0n) is 30.9. The summed E-state index contributed by atoms with van der Waals surface area (Å²) < 4.78 is 11.6. The van der Waals surface area contributed by atoms with Crippen molar-refractivity contribution >= 4 is 65.6 Å². The van der Waals surface area contributed by atoms with Gasteiger partial charge >= 0.3 is 0 Å². The molecular weight excluding hydrogens is 693 g/mol. The second kappa shape index (κ2) is 12.5. The summed E-state index contributed by atoms with van der Waals surface area (Å²) in [6, 6.07) is 74.4. The van der Waals surface area contributed by atoms with Gasteiger partial charge in [0.25, 0.3) is 0 Å². The van der Waals surface area contributed by atoms with Crippen molar-refractivity contribution in [1.82, 2.24) is 9.13 Å². The highest BCUT2D eigenvalue weighted by Crippen LogP contribution is 2.43. The lowest BCUT2D eigenvalue weighted by molar-refractivity contribution is 0.666. The average molecular weight is 727 g/mol. The minimum atomic E-state index is 0.885. The van der Waals surface area contributed by atoms with Crippen LogP contribution in [0, 0.1) is 0 Å². The van der Waals surface area contributed by atoms with Crippen molar-refractivity contribution in [3.63, 3.8) is 0 Å². The van der Waals surface area contributed by atoms with E-state index < -0.39 is 0 Å². The van der Waals surface area contributed by atoms with E-state index in [-0.39, 0.29) is 0 Å². The lowest BCUT2D eigenvalue weighted by Crippen LogP contribution is -1.96. The second-order valence-corrected chi connectivity index (χ2v) is 14.9. The van der Waals surface area contributed by atoms with Gasteiger partial charge in [-0.15, -0.1) is 0 Å². The van der Waals surface area contributed by atoms with Crippen molar-refractivity contribution in [2.75, 3.05) is 0 Å². The molecule has 12 rings (SSSR count). The molecule has 0 aliphatic carbocycles. The molecule has 0 saturated carbocycles. The van der Waals surface area contributed by atoms with E-state index >= 15 is 0 Å². The summed E-state index contributed by atoms with van der Waals surface area (Å²) in [6.45, 7) is 0. The number of hydrogen-bond donors (Lipinski definition) is 0. The fourth-order valence-corrected chi connectivity index (χ4v) is 9.14. The lowest BCUT2D eigenvalue weighted by Gasteiger charge is -2.12. The van der Waals surface area contributed by atoms with Gasteiger partial charge < -0.3 is 13.6 Å². The second-order valence-electron chi connectivity index (χ2n) is 14.9. The number of nitrogens with zero attached hydrogens (tertiary/aromatic N) is 2. The van der Waals surface area contributed by atoms with Crippen molar-refractivity contribution in [3.8, 4) is 44.8 Å². The zero-order chi connectivity index (χ0) is 37.5. The fraction of sp³-hybridized carbons (Fsp3) is 0. The molecule has 0 saturated heterocycles. The summed E-state index contributed by atoms with van der Waals surface area (Å²) in [7, 11) is 0. The summed E-state index contributed by atoms with van der Waals surface area (Å²) in [4.78, 5) is 0. The Hall–Kier alpha value is -7.62. The van der Waals surface area contributed by atoms with Crippen LogP contribution in [0.15, 0.2) is 211 Å². The van der Waals surface area contributed by atoms with Crippen LogP contribution >= 0.6 is 0 Å². The predicted molar refractivity (Wildman–Crippen MR) is 239 cm³/mol. The number of benzene rings is 9. The Labute approximate surface area is 328 Å². The van der Waals surface area contributed by atoms with Crippen LogP contribution in [0.1, 0.15) is 0 Å². The third kappa shape index (κ3) is 4.86. The van der Waals surface area contributed by atoms with Crippen molar-refractivity contribution in [2.24, 2.45) is 0 Å². The van der Waals surface area contributed by atoms with Crippen molar-refractivity contribution in [2.45, 2.75) is 0 Å². The molecule has 3 heteroatoms. The average Bonchev–Trinajstić information content (AvgIpc) is 3.94. The van der Waals surface area contributed by atoms with Crippen LogP contribution in [0.4, 0.5) is 0 Å². The van der Waals surface area contributed by atoms with E-state index in [0.29, 0.717) is 0 Å². The third-order valence-corrected chi connectivity index (χ3v) is 11.7. The van der Waals surface area contributed by atoms with Gasteiger partial charge in [0.05, 0.1) is 27.8 Å². The molecule has 0 atom stereocenters. The van der Waals surface area contributed by atoms with Crippen LogP contribution in [0.25, 0.3) is 110 Å². The topological polar surface area (TPSA) is 23.0 Å². The Balaban J connectivity index is 1.07. The first kappa shape index (κ1) is 31.7. The summed E-state index contributed by atoms with van der Waals surface area (Å²) in [6.07, 6.45) is 0. The van der Waals surface area contributed by atoms with Crippen LogP contribution in [-0.4, -0.2) is 9.13 Å². The molecule has 3 heterocycles. The van der Waals surface area contributed by atoms with Crippen LogP contribution in [-0.2, 0) is 0 Å². The van der Waals surface area contributed by atoms with E-state index in [0.717, 1.165) is 49.9 Å². The van der Waals surface area contributed by atoms with E-state index in [1.807, 2.05) is 0 Å². The SMILES string of the molecule is c1ccc(-c2cccc(-n3c4ccccc4c4cc(-c5ccc6c7ccccc7n(-c7ccc(-c8ccccc8)c8c7oc7ccccc78)c6c5)ccc43)c2)cc1. The van der Waals surface area contributed by atoms with Gasteiger partial charge in [-0.2, -0.15) is 0 Å². The van der Waals surface area contributed by atoms with Gasteiger partial charge in [-0.05, 0) is 88.0 Å². The van der Waals surface area contributed by atoms with Crippen LogP contribution in [0.2, 0.25) is 0 Å². The molecule has 0 aliphatic heterocycles. The fourth-order valence-electron chi connectivity index (χ4n) is 9.14. The Morgan fingerprint density at radius 2 is 0.895 bits per heavy atom. The van der Waals surface area contributed by atoms with Gasteiger partial charge in [0.1, 0.15) is 5.58 Å². The molecule has 3 aromatic heterocycles. The Morgan fingerprint density at radius 3 is 1.70 bits per heavy atom. The quantitative estimate of drug-likeness (QED) is 0.173. The van der Waals surface area contributed by atoms with Crippen molar-refractivity contribution in [1.29, 1.82) is 0 Å². The molecule has 0 spiro atoms. The molecule has 9 aromatic carbocycles. The van der Waals surface area contributed by atoms with Gasteiger partial charge in [0, 0.05) is 38.0 Å². The number of furan rings is 1. The predicted octanol–water partition coefficient (Wildman–Crippen LogP) is 14.8. The lowest BCUT2D eigenvalue weighted by atomic mass is 9.98. The minimum Gasteiger partial charge on any atom is -0.454 e. The first-order chi connectivity index (χ1) is 28.3. The molecule has 0 N–H and O–H groups in total.